The van der Waals surface area contributed by atoms with Crippen LogP contribution in [-0.2, 0) is 0 Å². The molecule has 1 radical (unpaired) electrons. The quantitative estimate of drug-likeness (QED) is 0.669. The summed E-state index contributed by atoms with van der Waals surface area (Å²) >= 11 is 0. The predicted molar refractivity (Wildman–Crippen MR) is 63.3 cm³/mol. The second-order valence-electron chi connectivity index (χ2n) is 3.84. The average Bonchev–Trinajstić information content (AvgIpc) is 2.74. The molecule has 0 bridgehead atoms. The summed E-state index contributed by atoms with van der Waals surface area (Å²) in [5, 5.41) is 0. The Kier molecular flexibility index (Phi) is 2.10. The highest BCUT2D eigenvalue weighted by atomic mass is 19.1. The van der Waals surface area contributed by atoms with Crippen molar-refractivity contribution < 1.29 is 4.39 Å². The summed E-state index contributed by atoms with van der Waals surface area (Å²) in [4.78, 5) is 0. The molecule has 0 saturated heterocycles. The number of benzene rings is 2. The highest BCUT2D eigenvalue weighted by Crippen LogP contribution is 2.33. The normalized spacial score (nSPS) is 13.4. The van der Waals surface area contributed by atoms with E-state index < -0.39 is 0 Å². The Morgan fingerprint density at radius 1 is 0.812 bits per heavy atom. The molecule has 1 heteroatoms. The van der Waals surface area contributed by atoms with Crippen LogP contribution in [0.3, 0.4) is 0 Å². The van der Waals surface area contributed by atoms with E-state index in [2.05, 4.69) is 24.6 Å². The maximum Gasteiger partial charge on any atom is 0.123 e. The molecule has 16 heavy (non-hydrogen) atoms. The maximum atomic E-state index is 12.8. The van der Waals surface area contributed by atoms with E-state index in [0.717, 1.165) is 11.1 Å². The SMILES string of the molecule is Fc1ccc(C2=C[CH]c3ccccc32)cc1. The van der Waals surface area contributed by atoms with Crippen LogP contribution in [0.2, 0.25) is 0 Å². The van der Waals surface area contributed by atoms with Crippen LogP contribution >= 0.6 is 0 Å². The Morgan fingerprint density at radius 3 is 2.38 bits per heavy atom. The summed E-state index contributed by atoms with van der Waals surface area (Å²) in [5.74, 6) is -0.195. The van der Waals surface area contributed by atoms with Gasteiger partial charge in [0.2, 0.25) is 0 Å². The smallest absolute Gasteiger partial charge is 0.123 e. The number of halogens is 1. The number of allylic oxidation sites excluding steroid dienone is 1. The summed E-state index contributed by atoms with van der Waals surface area (Å²) in [6.45, 7) is 0. The summed E-state index contributed by atoms with van der Waals surface area (Å²) < 4.78 is 12.8. The lowest BCUT2D eigenvalue weighted by Crippen LogP contribution is -1.86. The molecule has 0 nitrogen and oxygen atoms in total. The molecule has 0 aromatic heterocycles. The standard InChI is InChI=1S/C15H10F/c16-13-8-5-12(6-9-13)15-10-7-11-3-1-2-4-14(11)15/h1-10H. The van der Waals surface area contributed by atoms with Crippen LogP contribution in [0.5, 0.6) is 0 Å². The summed E-state index contributed by atoms with van der Waals surface area (Å²) in [7, 11) is 0. The van der Waals surface area contributed by atoms with Crippen LogP contribution in [0.4, 0.5) is 4.39 Å². The van der Waals surface area contributed by atoms with Crippen molar-refractivity contribution in [2.75, 3.05) is 0 Å². The Morgan fingerprint density at radius 2 is 1.56 bits per heavy atom. The van der Waals surface area contributed by atoms with Gasteiger partial charge in [0.25, 0.3) is 0 Å². The van der Waals surface area contributed by atoms with Crippen molar-refractivity contribution in [3.05, 3.63) is 83.5 Å². The number of hydrogen-bond donors (Lipinski definition) is 0. The van der Waals surface area contributed by atoms with Gasteiger partial charge in [0.05, 0.1) is 0 Å². The lowest BCUT2D eigenvalue weighted by atomic mass is 9.99. The van der Waals surface area contributed by atoms with Crippen molar-refractivity contribution >= 4 is 5.57 Å². The molecule has 0 fully saturated rings. The third kappa shape index (κ3) is 1.45. The fourth-order valence-corrected chi connectivity index (χ4v) is 2.03. The van der Waals surface area contributed by atoms with Gasteiger partial charge in [0.1, 0.15) is 5.82 Å². The summed E-state index contributed by atoms with van der Waals surface area (Å²) in [6, 6.07) is 14.9. The molecule has 77 valence electrons. The topological polar surface area (TPSA) is 0 Å². The van der Waals surface area contributed by atoms with E-state index >= 15 is 0 Å². The first-order valence-electron chi connectivity index (χ1n) is 5.25. The van der Waals surface area contributed by atoms with Gasteiger partial charge in [0, 0.05) is 6.42 Å². The fraction of sp³-hybridized carbons (Fsp3) is 0. The largest absolute Gasteiger partial charge is 0.207 e. The summed E-state index contributed by atoms with van der Waals surface area (Å²) in [5.41, 5.74) is 4.66. The van der Waals surface area contributed by atoms with Gasteiger partial charge in [-0.15, -0.1) is 0 Å². The Balaban J connectivity index is 2.07. The zero-order valence-electron chi connectivity index (χ0n) is 8.65. The maximum absolute atomic E-state index is 12.8. The Hall–Kier alpha value is -1.89. The van der Waals surface area contributed by atoms with E-state index in [-0.39, 0.29) is 5.82 Å². The Labute approximate surface area is 94.1 Å². The molecule has 2 aromatic rings. The first-order chi connectivity index (χ1) is 7.84. The molecule has 1 aliphatic carbocycles. The molecule has 1 aliphatic rings. The van der Waals surface area contributed by atoms with E-state index in [1.807, 2.05) is 24.3 Å². The predicted octanol–water partition coefficient (Wildman–Crippen LogP) is 3.82. The molecule has 0 amide bonds. The zero-order valence-corrected chi connectivity index (χ0v) is 8.65. The van der Waals surface area contributed by atoms with E-state index in [0.29, 0.717) is 0 Å². The first-order valence-corrected chi connectivity index (χ1v) is 5.25. The molecule has 0 heterocycles. The highest BCUT2D eigenvalue weighted by molar-refractivity contribution is 5.86. The molecule has 0 aliphatic heterocycles. The molecule has 0 saturated carbocycles. The van der Waals surface area contributed by atoms with Gasteiger partial charge in [-0.1, -0.05) is 42.5 Å². The molecule has 0 atom stereocenters. The minimum Gasteiger partial charge on any atom is -0.207 e. The summed E-state index contributed by atoms with van der Waals surface area (Å²) in [6.07, 6.45) is 4.17. The minimum atomic E-state index is -0.195. The molecule has 3 rings (SSSR count). The van der Waals surface area contributed by atoms with Crippen molar-refractivity contribution in [3.8, 4) is 0 Å². The molecule has 0 spiro atoms. The minimum absolute atomic E-state index is 0.195. The number of rotatable bonds is 1. The number of fused-ring (bicyclic) bond motifs is 1. The van der Waals surface area contributed by atoms with Gasteiger partial charge in [-0.25, -0.2) is 4.39 Å². The molecular formula is C15H10F. The third-order valence-electron chi connectivity index (χ3n) is 2.84. The van der Waals surface area contributed by atoms with Gasteiger partial charge in [-0.3, -0.25) is 0 Å². The van der Waals surface area contributed by atoms with E-state index in [1.54, 1.807) is 0 Å². The fourth-order valence-electron chi connectivity index (χ4n) is 2.03. The van der Waals surface area contributed by atoms with Crippen LogP contribution in [0.15, 0.2) is 54.6 Å². The Bertz CT molecular complexity index is 550. The van der Waals surface area contributed by atoms with Crippen LogP contribution in [0.1, 0.15) is 16.7 Å². The molecule has 2 aromatic carbocycles. The lowest BCUT2D eigenvalue weighted by molar-refractivity contribution is 0.627. The average molecular weight is 209 g/mol. The first kappa shape index (κ1) is 9.34. The zero-order chi connectivity index (χ0) is 11.0. The van der Waals surface area contributed by atoms with Gasteiger partial charge < -0.3 is 0 Å². The van der Waals surface area contributed by atoms with Gasteiger partial charge in [0.15, 0.2) is 0 Å². The number of hydrogen-bond acceptors (Lipinski definition) is 0. The van der Waals surface area contributed by atoms with Gasteiger partial charge in [-0.2, -0.15) is 0 Å². The molecule has 0 unspecified atom stereocenters. The van der Waals surface area contributed by atoms with Crippen molar-refractivity contribution in [1.82, 2.24) is 0 Å². The van der Waals surface area contributed by atoms with Crippen molar-refractivity contribution in [2.24, 2.45) is 0 Å². The monoisotopic (exact) mass is 209 g/mol. The lowest BCUT2D eigenvalue weighted by Gasteiger charge is -2.05. The van der Waals surface area contributed by atoms with Crippen LogP contribution in [-0.4, -0.2) is 0 Å². The van der Waals surface area contributed by atoms with Crippen LogP contribution in [0, 0.1) is 12.2 Å². The van der Waals surface area contributed by atoms with Gasteiger partial charge >= 0.3 is 0 Å². The molecule has 0 N–H and O–H groups in total. The van der Waals surface area contributed by atoms with E-state index in [4.69, 9.17) is 0 Å². The van der Waals surface area contributed by atoms with Crippen LogP contribution < -0.4 is 0 Å². The van der Waals surface area contributed by atoms with Crippen LogP contribution in [0.25, 0.3) is 5.57 Å². The van der Waals surface area contributed by atoms with E-state index in [9.17, 15) is 4.39 Å². The highest BCUT2D eigenvalue weighted by Gasteiger charge is 2.14. The van der Waals surface area contributed by atoms with Crippen molar-refractivity contribution in [2.45, 2.75) is 0 Å². The second kappa shape index (κ2) is 3.60. The van der Waals surface area contributed by atoms with Crippen molar-refractivity contribution in [3.63, 3.8) is 0 Å². The second-order valence-corrected chi connectivity index (χ2v) is 3.84. The van der Waals surface area contributed by atoms with Crippen molar-refractivity contribution in [1.29, 1.82) is 0 Å². The molecular weight excluding hydrogens is 199 g/mol. The third-order valence-corrected chi connectivity index (χ3v) is 2.84. The van der Waals surface area contributed by atoms with E-state index in [1.165, 1.54) is 23.3 Å². The van der Waals surface area contributed by atoms with Gasteiger partial charge in [-0.05, 0) is 34.4 Å².